The highest BCUT2D eigenvalue weighted by Crippen LogP contribution is 2.39. The van der Waals surface area contributed by atoms with Crippen molar-refractivity contribution in [2.24, 2.45) is 0 Å². The number of hydrogen-bond donors (Lipinski definition) is 1. The van der Waals surface area contributed by atoms with E-state index in [9.17, 15) is 9.59 Å². The van der Waals surface area contributed by atoms with Crippen LogP contribution in [-0.4, -0.2) is 39.1 Å². The van der Waals surface area contributed by atoms with Gasteiger partial charge in [-0.1, -0.05) is 51.1 Å². The number of benzene rings is 2. The zero-order chi connectivity index (χ0) is 24.3. The molecule has 0 bridgehead atoms. The number of ether oxygens (including phenoxy) is 2. The summed E-state index contributed by atoms with van der Waals surface area (Å²) >= 11 is 0. The van der Waals surface area contributed by atoms with E-state index in [0.29, 0.717) is 0 Å². The fraction of sp³-hybridized carbons (Fsp3) is 0.520. The van der Waals surface area contributed by atoms with Crippen LogP contribution in [-0.2, 0) is 20.7 Å². The van der Waals surface area contributed by atoms with Crippen LogP contribution in [0.4, 0.5) is 4.79 Å². The fourth-order valence-corrected chi connectivity index (χ4v) is 4.07. The van der Waals surface area contributed by atoms with Gasteiger partial charge in [-0.25, -0.2) is 9.59 Å². The molecule has 2 aromatic carbocycles. The number of carbonyl (C=O) groups excluding carboxylic acids is 2. The molecular weight excluding hydrogens is 422 g/mol. The highest BCUT2D eigenvalue weighted by Gasteiger charge is 2.39. The molecular formula is C25H37NO5Si. The fourth-order valence-electron chi connectivity index (χ4n) is 3.03. The Kier molecular flexibility index (Phi) is 7.65. The van der Waals surface area contributed by atoms with Crippen molar-refractivity contribution in [3.8, 4) is 5.75 Å². The Morgan fingerprint density at radius 3 is 2.09 bits per heavy atom. The number of alkyl carbamates (subject to hydrolysis) is 1. The van der Waals surface area contributed by atoms with Crippen molar-refractivity contribution >= 4 is 31.2 Å². The zero-order valence-corrected chi connectivity index (χ0v) is 21.8. The molecule has 0 aliphatic heterocycles. The Balaban J connectivity index is 2.39. The predicted molar refractivity (Wildman–Crippen MR) is 131 cm³/mol. The Hall–Kier alpha value is -2.54. The number of methoxy groups -OCH3 is 1. The smallest absolute Gasteiger partial charge is 0.408 e. The largest absolute Gasteiger partial charge is 0.543 e. The molecule has 0 radical (unpaired) electrons. The van der Waals surface area contributed by atoms with E-state index in [2.05, 4.69) is 39.2 Å². The van der Waals surface area contributed by atoms with Gasteiger partial charge in [-0.3, -0.25) is 0 Å². The van der Waals surface area contributed by atoms with Crippen LogP contribution >= 0.6 is 0 Å². The molecule has 0 saturated heterocycles. The van der Waals surface area contributed by atoms with Crippen LogP contribution in [0.2, 0.25) is 18.1 Å². The Labute approximate surface area is 192 Å². The van der Waals surface area contributed by atoms with Gasteiger partial charge in [-0.15, -0.1) is 0 Å². The number of nitrogens with one attached hydrogen (secondary N) is 1. The van der Waals surface area contributed by atoms with Crippen LogP contribution in [0.25, 0.3) is 10.8 Å². The summed E-state index contributed by atoms with van der Waals surface area (Å²) in [6, 6.07) is 11.0. The second-order valence-electron chi connectivity index (χ2n) is 10.6. The first kappa shape index (κ1) is 25.7. The molecule has 32 heavy (non-hydrogen) atoms. The lowest BCUT2D eigenvalue weighted by molar-refractivity contribution is -0.143. The minimum atomic E-state index is -2.03. The first-order valence-electron chi connectivity index (χ1n) is 10.9. The molecule has 0 fully saturated rings. The number of fused-ring (bicyclic) bond motifs is 1. The number of amides is 1. The average molecular weight is 460 g/mol. The van der Waals surface area contributed by atoms with E-state index >= 15 is 0 Å². The van der Waals surface area contributed by atoms with Crippen molar-refractivity contribution < 1.29 is 23.5 Å². The maximum absolute atomic E-state index is 12.4. The molecule has 0 aliphatic rings. The summed E-state index contributed by atoms with van der Waals surface area (Å²) < 4.78 is 16.8. The molecule has 1 atom stereocenters. The first-order chi connectivity index (χ1) is 14.6. The van der Waals surface area contributed by atoms with Gasteiger partial charge in [0.2, 0.25) is 0 Å². The molecule has 0 saturated carbocycles. The van der Waals surface area contributed by atoms with Crippen LogP contribution in [0.5, 0.6) is 5.75 Å². The lowest BCUT2D eigenvalue weighted by Crippen LogP contribution is -2.45. The number of carbonyl (C=O) groups is 2. The maximum atomic E-state index is 12.4. The first-order valence-corrected chi connectivity index (χ1v) is 13.8. The zero-order valence-electron chi connectivity index (χ0n) is 20.8. The topological polar surface area (TPSA) is 73.9 Å². The average Bonchev–Trinajstić information content (AvgIpc) is 2.66. The summed E-state index contributed by atoms with van der Waals surface area (Å²) in [7, 11) is -0.722. The Bertz CT molecular complexity index is 972. The van der Waals surface area contributed by atoms with E-state index in [1.165, 1.54) is 7.11 Å². The molecule has 1 amide bonds. The number of hydrogen-bond acceptors (Lipinski definition) is 5. The second-order valence-corrected chi connectivity index (χ2v) is 15.3. The lowest BCUT2D eigenvalue weighted by atomic mass is 9.98. The van der Waals surface area contributed by atoms with Gasteiger partial charge in [-0.05, 0) is 55.9 Å². The summed E-state index contributed by atoms with van der Waals surface area (Å²) in [6.07, 6.45) is -0.387. The highest BCUT2D eigenvalue weighted by atomic mass is 28.4. The Morgan fingerprint density at radius 2 is 1.56 bits per heavy atom. The normalized spacial score (nSPS) is 13.4. The summed E-state index contributed by atoms with van der Waals surface area (Å²) in [5.41, 5.74) is 0.245. The minimum Gasteiger partial charge on any atom is -0.543 e. The molecule has 6 nitrogen and oxygen atoms in total. The van der Waals surface area contributed by atoms with Gasteiger partial charge in [0.1, 0.15) is 17.4 Å². The number of rotatable bonds is 6. The highest BCUT2D eigenvalue weighted by molar-refractivity contribution is 6.74. The molecule has 2 rings (SSSR count). The third-order valence-electron chi connectivity index (χ3n) is 5.75. The summed E-state index contributed by atoms with van der Waals surface area (Å²) in [5, 5.41) is 4.68. The molecule has 176 valence electrons. The van der Waals surface area contributed by atoms with Gasteiger partial charge in [0, 0.05) is 11.8 Å². The van der Waals surface area contributed by atoms with Crippen molar-refractivity contribution in [2.45, 2.75) is 77.7 Å². The molecule has 1 unspecified atom stereocenters. The van der Waals surface area contributed by atoms with E-state index in [4.69, 9.17) is 13.9 Å². The van der Waals surface area contributed by atoms with Gasteiger partial charge in [0.25, 0.3) is 8.32 Å². The molecule has 0 spiro atoms. The van der Waals surface area contributed by atoms with Gasteiger partial charge < -0.3 is 19.2 Å². The number of esters is 1. The van der Waals surface area contributed by atoms with Crippen LogP contribution in [0.15, 0.2) is 36.4 Å². The second kappa shape index (κ2) is 9.53. The van der Waals surface area contributed by atoms with Gasteiger partial charge >= 0.3 is 12.1 Å². The SMILES string of the molecule is COC(=O)C(Cc1ccc(O[Si](C)(C)C(C)(C)C)c2ccccc12)NC(=O)OC(C)(C)C. The van der Waals surface area contributed by atoms with E-state index in [0.717, 1.165) is 22.1 Å². The molecule has 7 heteroatoms. The van der Waals surface area contributed by atoms with E-state index in [-0.39, 0.29) is 11.5 Å². The van der Waals surface area contributed by atoms with Gasteiger partial charge in [-0.2, -0.15) is 0 Å². The van der Waals surface area contributed by atoms with Crippen LogP contribution in [0.3, 0.4) is 0 Å². The van der Waals surface area contributed by atoms with Crippen molar-refractivity contribution in [1.29, 1.82) is 0 Å². The van der Waals surface area contributed by atoms with E-state index in [1.807, 2.05) is 36.4 Å². The standard InChI is InChI=1S/C25H37NO5Si/c1-24(2,3)30-23(28)26-20(22(27)29-7)16-17-14-15-21(19-13-11-10-12-18(17)19)31-32(8,9)25(4,5)6/h10-15,20H,16H2,1-9H3,(H,26,28). The van der Waals surface area contributed by atoms with Gasteiger partial charge in [0.05, 0.1) is 7.11 Å². The Morgan fingerprint density at radius 1 is 0.969 bits per heavy atom. The van der Waals surface area contributed by atoms with E-state index in [1.54, 1.807) is 20.8 Å². The third-order valence-corrected chi connectivity index (χ3v) is 10.1. The van der Waals surface area contributed by atoms with Crippen LogP contribution in [0.1, 0.15) is 47.1 Å². The lowest BCUT2D eigenvalue weighted by Gasteiger charge is -2.37. The van der Waals surface area contributed by atoms with Crippen LogP contribution < -0.4 is 9.74 Å². The van der Waals surface area contributed by atoms with Gasteiger partial charge in [0.15, 0.2) is 0 Å². The van der Waals surface area contributed by atoms with Crippen molar-refractivity contribution in [3.63, 3.8) is 0 Å². The predicted octanol–water partition coefficient (Wildman–Crippen LogP) is 5.83. The summed E-state index contributed by atoms with van der Waals surface area (Å²) in [5.74, 6) is 0.312. The minimum absolute atomic E-state index is 0.0695. The van der Waals surface area contributed by atoms with E-state index < -0.39 is 32.0 Å². The summed E-state index contributed by atoms with van der Waals surface area (Å²) in [4.78, 5) is 24.7. The molecule has 2 aromatic rings. The molecule has 0 aliphatic carbocycles. The molecule has 0 aromatic heterocycles. The summed E-state index contributed by atoms with van der Waals surface area (Å²) in [6.45, 7) is 16.4. The molecule has 0 heterocycles. The van der Waals surface area contributed by atoms with Crippen molar-refractivity contribution in [3.05, 3.63) is 42.0 Å². The quantitative estimate of drug-likeness (QED) is 0.434. The van der Waals surface area contributed by atoms with Crippen molar-refractivity contribution in [2.75, 3.05) is 7.11 Å². The maximum Gasteiger partial charge on any atom is 0.408 e. The third kappa shape index (κ3) is 6.48. The van der Waals surface area contributed by atoms with Crippen molar-refractivity contribution in [1.82, 2.24) is 5.32 Å². The monoisotopic (exact) mass is 459 g/mol. The molecule has 1 N–H and O–H groups in total. The van der Waals surface area contributed by atoms with Crippen LogP contribution in [0, 0.1) is 0 Å².